The molecule has 1 saturated heterocycles. The van der Waals surface area contributed by atoms with E-state index in [4.69, 9.17) is 16.3 Å². The summed E-state index contributed by atoms with van der Waals surface area (Å²) < 4.78 is 5.03. The second-order valence-electron chi connectivity index (χ2n) is 4.81. The van der Waals surface area contributed by atoms with Crippen LogP contribution in [0.3, 0.4) is 0 Å². The Morgan fingerprint density at radius 2 is 2.15 bits per heavy atom. The molecule has 2 rings (SSSR count). The summed E-state index contributed by atoms with van der Waals surface area (Å²) in [5, 5.41) is 9.84. The van der Waals surface area contributed by atoms with Crippen LogP contribution >= 0.6 is 11.6 Å². The Balaban J connectivity index is 2.38. The molecule has 0 bridgehead atoms. The molecule has 0 aliphatic carbocycles. The van der Waals surface area contributed by atoms with Crippen LogP contribution in [0.4, 0.5) is 0 Å². The topological polar surface area (TPSA) is 66.8 Å². The summed E-state index contributed by atoms with van der Waals surface area (Å²) in [6.45, 7) is 0.359. The minimum absolute atomic E-state index is 0.0292. The summed E-state index contributed by atoms with van der Waals surface area (Å²) in [5.74, 6) is -1.41. The van der Waals surface area contributed by atoms with E-state index in [2.05, 4.69) is 0 Å². The van der Waals surface area contributed by atoms with Crippen molar-refractivity contribution in [3.8, 4) is 0 Å². The number of halogens is 1. The maximum Gasteiger partial charge on any atom is 0.332 e. The first kappa shape index (κ1) is 14.8. The van der Waals surface area contributed by atoms with Crippen molar-refractivity contribution in [3.05, 3.63) is 34.9 Å². The van der Waals surface area contributed by atoms with Gasteiger partial charge in [0.1, 0.15) is 0 Å². The van der Waals surface area contributed by atoms with Crippen molar-refractivity contribution in [2.75, 3.05) is 20.3 Å². The van der Waals surface area contributed by atoms with Crippen LogP contribution in [0, 0.1) is 0 Å². The number of rotatable bonds is 4. The fourth-order valence-electron chi connectivity index (χ4n) is 2.63. The molecule has 1 aromatic carbocycles. The minimum Gasteiger partial charge on any atom is -0.479 e. The van der Waals surface area contributed by atoms with E-state index in [1.165, 1.54) is 12.0 Å². The van der Waals surface area contributed by atoms with Gasteiger partial charge >= 0.3 is 5.97 Å². The lowest BCUT2D eigenvalue weighted by molar-refractivity contribution is -0.151. The Morgan fingerprint density at radius 1 is 1.45 bits per heavy atom. The van der Waals surface area contributed by atoms with Gasteiger partial charge < -0.3 is 14.7 Å². The van der Waals surface area contributed by atoms with Crippen molar-refractivity contribution in [2.45, 2.75) is 18.4 Å². The van der Waals surface area contributed by atoms with Gasteiger partial charge in [0.05, 0.1) is 17.2 Å². The number of hydrogen-bond donors (Lipinski definition) is 1. The summed E-state index contributed by atoms with van der Waals surface area (Å²) in [6, 6.07) is 6.64. The molecule has 1 fully saturated rings. The predicted molar refractivity (Wildman–Crippen MR) is 74.0 cm³/mol. The number of nitrogens with zero attached hydrogens (tertiary/aromatic N) is 1. The Morgan fingerprint density at radius 3 is 2.75 bits per heavy atom. The SMILES string of the molecule is COCC1(C(=O)O)CCCN1C(=O)c1ccccc1Cl. The molecule has 0 radical (unpaired) electrons. The van der Waals surface area contributed by atoms with Crippen LogP contribution in [0.5, 0.6) is 0 Å². The summed E-state index contributed by atoms with van der Waals surface area (Å²) >= 11 is 6.02. The molecule has 108 valence electrons. The molecule has 1 aliphatic rings. The van der Waals surface area contributed by atoms with E-state index in [9.17, 15) is 14.7 Å². The van der Waals surface area contributed by atoms with Crippen molar-refractivity contribution in [3.63, 3.8) is 0 Å². The number of hydrogen-bond acceptors (Lipinski definition) is 3. The summed E-state index contributed by atoms with van der Waals surface area (Å²) in [5.41, 5.74) is -0.983. The summed E-state index contributed by atoms with van der Waals surface area (Å²) in [4.78, 5) is 25.6. The summed E-state index contributed by atoms with van der Waals surface area (Å²) in [7, 11) is 1.43. The molecular formula is C14H16ClNO4. The van der Waals surface area contributed by atoms with Gasteiger partial charge in [-0.1, -0.05) is 23.7 Å². The fourth-order valence-corrected chi connectivity index (χ4v) is 2.84. The molecule has 1 aromatic rings. The fraction of sp³-hybridized carbons (Fsp3) is 0.429. The Labute approximate surface area is 122 Å². The van der Waals surface area contributed by atoms with Gasteiger partial charge in [0.25, 0.3) is 5.91 Å². The van der Waals surface area contributed by atoms with Crippen LogP contribution in [-0.4, -0.2) is 47.7 Å². The second kappa shape index (κ2) is 5.81. The maximum absolute atomic E-state index is 12.6. The van der Waals surface area contributed by atoms with Gasteiger partial charge in [-0.3, -0.25) is 4.79 Å². The molecule has 1 heterocycles. The lowest BCUT2D eigenvalue weighted by Crippen LogP contribution is -2.56. The molecular weight excluding hydrogens is 282 g/mol. The molecule has 0 aromatic heterocycles. The van der Waals surface area contributed by atoms with Crippen molar-refractivity contribution < 1.29 is 19.4 Å². The van der Waals surface area contributed by atoms with Gasteiger partial charge in [-0.15, -0.1) is 0 Å². The van der Waals surface area contributed by atoms with Crippen LogP contribution in [0.15, 0.2) is 24.3 Å². The third-order valence-electron chi connectivity index (χ3n) is 3.62. The van der Waals surface area contributed by atoms with Gasteiger partial charge in [0, 0.05) is 13.7 Å². The third kappa shape index (κ3) is 2.39. The quantitative estimate of drug-likeness (QED) is 0.923. The Hall–Kier alpha value is -1.59. The van der Waals surface area contributed by atoms with Crippen molar-refractivity contribution in [1.82, 2.24) is 4.90 Å². The molecule has 6 heteroatoms. The van der Waals surface area contributed by atoms with E-state index in [-0.39, 0.29) is 12.5 Å². The zero-order chi connectivity index (χ0) is 14.8. The molecule has 1 aliphatic heterocycles. The lowest BCUT2D eigenvalue weighted by atomic mass is 9.96. The number of aliphatic carboxylic acids is 1. The van der Waals surface area contributed by atoms with Gasteiger partial charge in [0.2, 0.25) is 0 Å². The molecule has 1 N–H and O–H groups in total. The molecule has 1 atom stereocenters. The number of carboxylic acid groups (broad SMARTS) is 1. The predicted octanol–water partition coefficient (Wildman–Crippen LogP) is 2.05. The first-order valence-electron chi connectivity index (χ1n) is 6.32. The van der Waals surface area contributed by atoms with E-state index < -0.39 is 11.5 Å². The van der Waals surface area contributed by atoms with Crippen LogP contribution in [0.1, 0.15) is 23.2 Å². The van der Waals surface area contributed by atoms with Gasteiger partial charge in [-0.05, 0) is 25.0 Å². The van der Waals surface area contributed by atoms with Crippen LogP contribution in [0.2, 0.25) is 5.02 Å². The van der Waals surface area contributed by atoms with Crippen LogP contribution in [0.25, 0.3) is 0 Å². The molecule has 20 heavy (non-hydrogen) atoms. The van der Waals surface area contributed by atoms with Crippen LogP contribution < -0.4 is 0 Å². The molecule has 5 nitrogen and oxygen atoms in total. The van der Waals surface area contributed by atoms with E-state index in [1.54, 1.807) is 24.3 Å². The molecule has 1 unspecified atom stereocenters. The third-order valence-corrected chi connectivity index (χ3v) is 3.95. The zero-order valence-electron chi connectivity index (χ0n) is 11.1. The zero-order valence-corrected chi connectivity index (χ0v) is 11.9. The minimum atomic E-state index is -1.30. The number of ether oxygens (including phenoxy) is 1. The highest BCUT2D eigenvalue weighted by atomic mass is 35.5. The lowest BCUT2D eigenvalue weighted by Gasteiger charge is -2.34. The number of likely N-dealkylation sites (tertiary alicyclic amines) is 1. The first-order chi connectivity index (χ1) is 9.53. The highest BCUT2D eigenvalue weighted by Gasteiger charge is 2.50. The van der Waals surface area contributed by atoms with E-state index in [1.807, 2.05) is 0 Å². The van der Waals surface area contributed by atoms with Gasteiger partial charge in [-0.2, -0.15) is 0 Å². The highest BCUT2D eigenvalue weighted by Crippen LogP contribution is 2.32. The first-order valence-corrected chi connectivity index (χ1v) is 6.69. The standard InChI is InChI=1S/C14H16ClNO4/c1-20-9-14(13(18)19)7-4-8-16(14)12(17)10-5-2-3-6-11(10)15/h2-3,5-6H,4,7-9H2,1H3,(H,18,19). The van der Waals surface area contributed by atoms with Gasteiger partial charge in [-0.25, -0.2) is 4.79 Å². The smallest absolute Gasteiger partial charge is 0.332 e. The average molecular weight is 298 g/mol. The van der Waals surface area contributed by atoms with Crippen molar-refractivity contribution in [1.29, 1.82) is 0 Å². The largest absolute Gasteiger partial charge is 0.479 e. The van der Waals surface area contributed by atoms with Crippen molar-refractivity contribution in [2.24, 2.45) is 0 Å². The maximum atomic E-state index is 12.6. The van der Waals surface area contributed by atoms with Crippen LogP contribution in [-0.2, 0) is 9.53 Å². The Bertz CT molecular complexity index is 534. The Kier molecular flexibility index (Phi) is 4.30. The number of carbonyl (C=O) groups is 2. The highest BCUT2D eigenvalue weighted by molar-refractivity contribution is 6.33. The molecule has 0 saturated carbocycles. The number of carbonyl (C=O) groups excluding carboxylic acids is 1. The normalized spacial score (nSPS) is 22.0. The number of benzene rings is 1. The number of amides is 1. The molecule has 1 amide bonds. The van der Waals surface area contributed by atoms with Gasteiger partial charge in [0.15, 0.2) is 5.54 Å². The van der Waals surface area contributed by atoms with E-state index in [0.717, 1.165) is 0 Å². The molecule has 0 spiro atoms. The average Bonchev–Trinajstić information content (AvgIpc) is 2.84. The number of carboxylic acids is 1. The van der Waals surface area contributed by atoms with E-state index in [0.29, 0.717) is 30.0 Å². The number of methoxy groups -OCH3 is 1. The van der Waals surface area contributed by atoms with Crippen molar-refractivity contribution >= 4 is 23.5 Å². The second-order valence-corrected chi connectivity index (χ2v) is 5.22. The monoisotopic (exact) mass is 297 g/mol. The summed E-state index contributed by atoms with van der Waals surface area (Å²) in [6.07, 6.45) is 1.01. The van der Waals surface area contributed by atoms with E-state index >= 15 is 0 Å².